The zero-order valence-corrected chi connectivity index (χ0v) is 14.6. The third-order valence-corrected chi connectivity index (χ3v) is 5.56. The van der Waals surface area contributed by atoms with Gasteiger partial charge in [-0.1, -0.05) is 18.2 Å². The van der Waals surface area contributed by atoms with Gasteiger partial charge in [0.2, 0.25) is 11.8 Å². The van der Waals surface area contributed by atoms with Crippen LogP contribution < -0.4 is 4.90 Å². The lowest BCUT2D eigenvalue weighted by molar-refractivity contribution is 0.125. The van der Waals surface area contributed by atoms with Crippen LogP contribution in [0, 0.1) is 12.8 Å². The van der Waals surface area contributed by atoms with Crippen LogP contribution in [-0.4, -0.2) is 41.3 Å². The van der Waals surface area contributed by atoms with Gasteiger partial charge in [0.25, 0.3) is 0 Å². The van der Waals surface area contributed by atoms with E-state index in [1.54, 1.807) is 0 Å². The molecule has 3 heterocycles. The monoisotopic (exact) mass is 326 g/mol. The summed E-state index contributed by atoms with van der Waals surface area (Å²) in [4.78, 5) is 5.06. The van der Waals surface area contributed by atoms with Crippen LogP contribution in [0.5, 0.6) is 0 Å². The maximum absolute atomic E-state index is 5.60. The molecule has 128 valence electrons. The van der Waals surface area contributed by atoms with Crippen LogP contribution in [0.4, 0.5) is 5.69 Å². The molecule has 2 aliphatic heterocycles. The van der Waals surface area contributed by atoms with E-state index in [1.165, 1.54) is 43.6 Å². The van der Waals surface area contributed by atoms with Gasteiger partial charge in [-0.05, 0) is 56.8 Å². The minimum Gasteiger partial charge on any atom is -0.424 e. The summed E-state index contributed by atoms with van der Waals surface area (Å²) >= 11 is 0. The van der Waals surface area contributed by atoms with Crippen LogP contribution in [0.25, 0.3) is 0 Å². The van der Waals surface area contributed by atoms with Crippen LogP contribution in [0.1, 0.15) is 43.2 Å². The molecule has 0 amide bonds. The molecule has 0 aliphatic carbocycles. The maximum Gasteiger partial charge on any atom is 0.233 e. The summed E-state index contributed by atoms with van der Waals surface area (Å²) < 4.78 is 5.60. The number of para-hydroxylation sites is 1. The second kappa shape index (κ2) is 6.55. The molecule has 0 N–H and O–H groups in total. The third kappa shape index (κ3) is 3.05. The number of likely N-dealkylation sites (tertiary alicyclic amines) is 1. The molecule has 2 aromatic rings. The summed E-state index contributed by atoms with van der Waals surface area (Å²) in [6, 6.07) is 9.08. The molecule has 4 rings (SSSR count). The number of nitrogens with zero attached hydrogens (tertiary/aromatic N) is 4. The third-order valence-electron chi connectivity index (χ3n) is 5.56. The van der Waals surface area contributed by atoms with Crippen molar-refractivity contribution in [3.63, 3.8) is 0 Å². The van der Waals surface area contributed by atoms with E-state index in [-0.39, 0.29) is 6.04 Å². The van der Waals surface area contributed by atoms with Gasteiger partial charge < -0.3 is 9.32 Å². The Morgan fingerprint density at radius 2 is 1.96 bits per heavy atom. The molecule has 0 saturated carbocycles. The lowest BCUT2D eigenvalue weighted by Crippen LogP contribution is -2.39. The Morgan fingerprint density at radius 1 is 1.17 bits per heavy atom. The first-order valence-electron chi connectivity index (χ1n) is 9.07. The highest BCUT2D eigenvalue weighted by atomic mass is 16.4. The largest absolute Gasteiger partial charge is 0.424 e. The number of rotatable bonds is 4. The molecule has 1 fully saturated rings. The van der Waals surface area contributed by atoms with E-state index in [1.807, 2.05) is 6.92 Å². The van der Waals surface area contributed by atoms with Gasteiger partial charge in [0.1, 0.15) is 0 Å². The highest BCUT2D eigenvalue weighted by molar-refractivity contribution is 5.57. The van der Waals surface area contributed by atoms with Gasteiger partial charge in [-0.3, -0.25) is 4.90 Å². The molecule has 2 aliphatic rings. The zero-order chi connectivity index (χ0) is 16.5. The molecule has 1 aromatic heterocycles. The van der Waals surface area contributed by atoms with Gasteiger partial charge in [-0.2, -0.15) is 0 Å². The fourth-order valence-corrected chi connectivity index (χ4v) is 4.07. The van der Waals surface area contributed by atoms with Gasteiger partial charge in [-0.15, -0.1) is 10.2 Å². The zero-order valence-electron chi connectivity index (χ0n) is 14.6. The first-order chi connectivity index (χ1) is 11.7. The van der Waals surface area contributed by atoms with E-state index in [2.05, 4.69) is 51.2 Å². The molecular weight excluding hydrogens is 300 g/mol. The fourth-order valence-electron chi connectivity index (χ4n) is 4.07. The van der Waals surface area contributed by atoms with E-state index in [9.17, 15) is 0 Å². The quantitative estimate of drug-likeness (QED) is 0.863. The number of aryl methyl sites for hydroxylation is 1. The van der Waals surface area contributed by atoms with Crippen molar-refractivity contribution in [1.29, 1.82) is 0 Å². The Morgan fingerprint density at radius 3 is 2.71 bits per heavy atom. The minimum atomic E-state index is 0.222. The Bertz CT molecular complexity index is 690. The van der Waals surface area contributed by atoms with Gasteiger partial charge in [0, 0.05) is 25.7 Å². The molecule has 1 saturated heterocycles. The maximum atomic E-state index is 5.60. The number of anilines is 1. The molecule has 1 aromatic carbocycles. The lowest BCUT2D eigenvalue weighted by Gasteiger charge is -2.36. The fraction of sp³-hybridized carbons (Fsp3) is 0.579. The van der Waals surface area contributed by atoms with Crippen molar-refractivity contribution in [1.82, 2.24) is 15.1 Å². The molecule has 5 heteroatoms. The molecule has 1 unspecified atom stereocenters. The smallest absolute Gasteiger partial charge is 0.233 e. The summed E-state index contributed by atoms with van der Waals surface area (Å²) in [5.41, 5.74) is 2.96. The summed E-state index contributed by atoms with van der Waals surface area (Å²) in [5, 5.41) is 8.14. The number of aromatic nitrogens is 2. The predicted molar refractivity (Wildman–Crippen MR) is 94.1 cm³/mol. The van der Waals surface area contributed by atoms with E-state index >= 15 is 0 Å². The van der Waals surface area contributed by atoms with Gasteiger partial charge in [-0.25, -0.2) is 0 Å². The average Bonchev–Trinajstić information content (AvgIpc) is 3.22. The van der Waals surface area contributed by atoms with Crippen LogP contribution in [0.15, 0.2) is 28.7 Å². The molecule has 24 heavy (non-hydrogen) atoms. The number of benzene rings is 1. The van der Waals surface area contributed by atoms with Crippen LogP contribution in [0.2, 0.25) is 0 Å². The van der Waals surface area contributed by atoms with Crippen molar-refractivity contribution >= 4 is 5.69 Å². The normalized spacial score (nSPS) is 20.3. The standard InChI is InChI=1S/C19H26N4O/c1-14(19-21-20-15(2)24-19)22-10-7-16(8-11-22)13-23-12-9-17-5-3-4-6-18(17)23/h3-6,14,16H,7-13H2,1-2H3. The van der Waals surface area contributed by atoms with Gasteiger partial charge >= 0.3 is 0 Å². The topological polar surface area (TPSA) is 45.4 Å². The molecule has 0 bridgehead atoms. The average molecular weight is 326 g/mol. The summed E-state index contributed by atoms with van der Waals surface area (Å²) in [5.74, 6) is 2.18. The van der Waals surface area contributed by atoms with Crippen molar-refractivity contribution < 1.29 is 4.42 Å². The highest BCUT2D eigenvalue weighted by Crippen LogP contribution is 2.31. The highest BCUT2D eigenvalue weighted by Gasteiger charge is 2.28. The van der Waals surface area contributed by atoms with Crippen molar-refractivity contribution in [3.05, 3.63) is 41.6 Å². The predicted octanol–water partition coefficient (Wildman–Crippen LogP) is 3.21. The first-order valence-corrected chi connectivity index (χ1v) is 9.07. The Kier molecular flexibility index (Phi) is 4.27. The lowest BCUT2D eigenvalue weighted by atomic mass is 9.95. The van der Waals surface area contributed by atoms with Crippen molar-refractivity contribution in [2.75, 3.05) is 31.1 Å². The summed E-state index contributed by atoms with van der Waals surface area (Å²) in [6.45, 7) is 8.62. The minimum absolute atomic E-state index is 0.222. The molecule has 1 atom stereocenters. The Labute approximate surface area is 143 Å². The first kappa shape index (κ1) is 15.6. The van der Waals surface area contributed by atoms with E-state index in [0.717, 1.165) is 24.9 Å². The molecule has 0 spiro atoms. The van der Waals surface area contributed by atoms with Crippen LogP contribution in [0.3, 0.4) is 0 Å². The van der Waals surface area contributed by atoms with Gasteiger partial charge in [0.05, 0.1) is 6.04 Å². The Hall–Kier alpha value is -1.88. The SMILES string of the molecule is Cc1nnc(C(C)N2CCC(CN3CCc4ccccc43)CC2)o1. The summed E-state index contributed by atoms with van der Waals surface area (Å²) in [7, 11) is 0. The number of piperidine rings is 1. The summed E-state index contributed by atoms with van der Waals surface area (Å²) in [6.07, 6.45) is 3.69. The van der Waals surface area contributed by atoms with E-state index < -0.39 is 0 Å². The van der Waals surface area contributed by atoms with E-state index in [0.29, 0.717) is 5.89 Å². The second-order valence-corrected chi connectivity index (χ2v) is 7.14. The number of fused-ring (bicyclic) bond motifs is 1. The van der Waals surface area contributed by atoms with Crippen molar-refractivity contribution in [2.24, 2.45) is 5.92 Å². The molecular formula is C19H26N4O. The van der Waals surface area contributed by atoms with Gasteiger partial charge in [0.15, 0.2) is 0 Å². The van der Waals surface area contributed by atoms with Crippen molar-refractivity contribution in [3.8, 4) is 0 Å². The second-order valence-electron chi connectivity index (χ2n) is 7.14. The Balaban J connectivity index is 1.32. The van der Waals surface area contributed by atoms with Crippen LogP contribution >= 0.6 is 0 Å². The van der Waals surface area contributed by atoms with Crippen molar-refractivity contribution in [2.45, 2.75) is 39.2 Å². The van der Waals surface area contributed by atoms with Crippen LogP contribution in [-0.2, 0) is 6.42 Å². The number of hydrogen-bond acceptors (Lipinski definition) is 5. The van der Waals surface area contributed by atoms with E-state index in [4.69, 9.17) is 4.42 Å². The molecule has 0 radical (unpaired) electrons. The number of hydrogen-bond donors (Lipinski definition) is 0. The molecule has 5 nitrogen and oxygen atoms in total.